The van der Waals surface area contributed by atoms with Gasteiger partial charge in [-0.25, -0.2) is 4.68 Å². The van der Waals surface area contributed by atoms with Crippen LogP contribution in [0.3, 0.4) is 0 Å². The van der Waals surface area contributed by atoms with E-state index in [4.69, 9.17) is 0 Å². The second-order valence-electron chi connectivity index (χ2n) is 5.82. The molecule has 0 aliphatic carbocycles. The molecule has 0 fully saturated rings. The van der Waals surface area contributed by atoms with Crippen molar-refractivity contribution in [2.24, 2.45) is 0 Å². The average Bonchev–Trinajstić information content (AvgIpc) is 3.16. The molecule has 0 unspecified atom stereocenters. The molecule has 4 rings (SSSR count). The van der Waals surface area contributed by atoms with Gasteiger partial charge in [-0.3, -0.25) is 0 Å². The van der Waals surface area contributed by atoms with E-state index in [-0.39, 0.29) is 0 Å². The summed E-state index contributed by atoms with van der Waals surface area (Å²) >= 11 is 3.45. The molecule has 25 heavy (non-hydrogen) atoms. The maximum Gasteiger partial charge on any atom is 0.416 e. The lowest BCUT2D eigenvalue weighted by molar-refractivity contribution is -0.137. The SMILES string of the molecule is FC(F)(F)c1ccc(-c2nn(-c3cccc(Br)c3)c3c2CCN3)cc1. The van der Waals surface area contributed by atoms with E-state index in [9.17, 15) is 13.2 Å². The molecular weight excluding hydrogens is 395 g/mol. The van der Waals surface area contributed by atoms with Crippen LogP contribution in [-0.4, -0.2) is 16.3 Å². The number of aromatic nitrogens is 2. The highest BCUT2D eigenvalue weighted by Gasteiger charge is 2.30. The third-order valence-corrected chi connectivity index (χ3v) is 4.68. The van der Waals surface area contributed by atoms with Crippen LogP contribution in [0.1, 0.15) is 11.1 Å². The molecule has 0 radical (unpaired) electrons. The molecule has 2 aromatic carbocycles. The average molecular weight is 408 g/mol. The zero-order valence-electron chi connectivity index (χ0n) is 12.9. The Kier molecular flexibility index (Phi) is 3.83. The van der Waals surface area contributed by atoms with Gasteiger partial charge in [0.15, 0.2) is 0 Å². The summed E-state index contributed by atoms with van der Waals surface area (Å²) in [6.45, 7) is 0.787. The third-order valence-electron chi connectivity index (χ3n) is 4.19. The van der Waals surface area contributed by atoms with E-state index in [1.165, 1.54) is 12.1 Å². The fraction of sp³-hybridized carbons (Fsp3) is 0.167. The molecule has 7 heteroatoms. The van der Waals surface area contributed by atoms with Crippen molar-refractivity contribution in [2.75, 3.05) is 11.9 Å². The Morgan fingerprint density at radius 1 is 1.08 bits per heavy atom. The van der Waals surface area contributed by atoms with Crippen LogP contribution in [0.15, 0.2) is 53.0 Å². The molecule has 0 bridgehead atoms. The lowest BCUT2D eigenvalue weighted by Crippen LogP contribution is -2.05. The summed E-state index contributed by atoms with van der Waals surface area (Å²) in [6.07, 6.45) is -3.54. The lowest BCUT2D eigenvalue weighted by Gasteiger charge is -2.07. The molecular formula is C18H13BrF3N3. The van der Waals surface area contributed by atoms with Gasteiger partial charge in [-0.15, -0.1) is 0 Å². The van der Waals surface area contributed by atoms with Gasteiger partial charge < -0.3 is 5.32 Å². The fourth-order valence-electron chi connectivity index (χ4n) is 3.02. The molecule has 0 saturated carbocycles. The number of halogens is 4. The predicted molar refractivity (Wildman–Crippen MR) is 93.9 cm³/mol. The Labute approximate surface area is 150 Å². The highest BCUT2D eigenvalue weighted by molar-refractivity contribution is 9.10. The minimum atomic E-state index is -4.34. The van der Waals surface area contributed by atoms with Gasteiger partial charge in [0.25, 0.3) is 0 Å². The molecule has 0 amide bonds. The lowest BCUT2D eigenvalue weighted by atomic mass is 10.0. The molecule has 0 atom stereocenters. The van der Waals surface area contributed by atoms with E-state index >= 15 is 0 Å². The highest BCUT2D eigenvalue weighted by Crippen LogP contribution is 2.36. The van der Waals surface area contributed by atoms with Crippen molar-refractivity contribution >= 4 is 21.7 Å². The first kappa shape index (κ1) is 16.2. The van der Waals surface area contributed by atoms with Gasteiger partial charge in [0.1, 0.15) is 5.82 Å². The Morgan fingerprint density at radius 2 is 1.84 bits per heavy atom. The van der Waals surface area contributed by atoms with Gasteiger partial charge in [0.2, 0.25) is 0 Å². The van der Waals surface area contributed by atoms with E-state index in [1.54, 1.807) is 4.68 Å². The van der Waals surface area contributed by atoms with Gasteiger partial charge in [-0.2, -0.15) is 18.3 Å². The first-order valence-corrected chi connectivity index (χ1v) is 8.52. The van der Waals surface area contributed by atoms with Crippen molar-refractivity contribution < 1.29 is 13.2 Å². The van der Waals surface area contributed by atoms with E-state index < -0.39 is 11.7 Å². The zero-order valence-corrected chi connectivity index (χ0v) is 14.5. The van der Waals surface area contributed by atoms with Crippen molar-refractivity contribution in [3.05, 3.63) is 64.1 Å². The molecule has 1 aliphatic heterocycles. The first-order chi connectivity index (χ1) is 11.9. The van der Waals surface area contributed by atoms with Gasteiger partial charge in [-0.05, 0) is 36.8 Å². The first-order valence-electron chi connectivity index (χ1n) is 7.73. The standard InChI is InChI=1S/C18H13BrF3N3/c19-13-2-1-3-14(10-13)25-17-15(8-9-23-17)16(24-25)11-4-6-12(7-5-11)18(20,21)22/h1-7,10,23H,8-9H2. The minimum Gasteiger partial charge on any atom is -0.369 e. The molecule has 128 valence electrons. The normalized spacial score (nSPS) is 13.6. The highest BCUT2D eigenvalue weighted by atomic mass is 79.9. The van der Waals surface area contributed by atoms with Crippen LogP contribution < -0.4 is 5.32 Å². The number of fused-ring (bicyclic) bond motifs is 1. The Balaban J connectivity index is 1.80. The van der Waals surface area contributed by atoms with E-state index in [2.05, 4.69) is 26.3 Å². The summed E-state index contributed by atoms with van der Waals surface area (Å²) < 4.78 is 41.1. The van der Waals surface area contributed by atoms with Crippen LogP contribution in [0.4, 0.5) is 19.0 Å². The third kappa shape index (κ3) is 2.93. The van der Waals surface area contributed by atoms with Crippen LogP contribution in [0.2, 0.25) is 0 Å². The molecule has 3 aromatic rings. The molecule has 1 N–H and O–H groups in total. The summed E-state index contributed by atoms with van der Waals surface area (Å²) in [6, 6.07) is 12.9. The molecule has 0 spiro atoms. The molecule has 3 nitrogen and oxygen atoms in total. The Bertz CT molecular complexity index is 930. The smallest absolute Gasteiger partial charge is 0.369 e. The largest absolute Gasteiger partial charge is 0.416 e. The van der Waals surface area contributed by atoms with Crippen molar-refractivity contribution in [3.8, 4) is 16.9 Å². The van der Waals surface area contributed by atoms with Crippen molar-refractivity contribution in [1.29, 1.82) is 0 Å². The molecule has 2 heterocycles. The van der Waals surface area contributed by atoms with Crippen LogP contribution >= 0.6 is 15.9 Å². The fourth-order valence-corrected chi connectivity index (χ4v) is 3.41. The monoisotopic (exact) mass is 407 g/mol. The molecule has 1 aliphatic rings. The summed E-state index contributed by atoms with van der Waals surface area (Å²) in [7, 11) is 0. The number of alkyl halides is 3. The van der Waals surface area contributed by atoms with Gasteiger partial charge >= 0.3 is 6.18 Å². The number of hydrogen-bond donors (Lipinski definition) is 1. The summed E-state index contributed by atoms with van der Waals surface area (Å²) in [5.74, 6) is 0.896. The van der Waals surface area contributed by atoms with Crippen LogP contribution in [0.25, 0.3) is 16.9 Å². The number of rotatable bonds is 2. The number of nitrogens with one attached hydrogen (secondary N) is 1. The predicted octanol–water partition coefficient (Wildman–Crippen LogP) is 5.29. The van der Waals surface area contributed by atoms with Crippen LogP contribution in [-0.2, 0) is 12.6 Å². The number of anilines is 1. The summed E-state index contributed by atoms with van der Waals surface area (Å²) in [5, 5.41) is 7.97. The quantitative estimate of drug-likeness (QED) is 0.625. The maximum absolute atomic E-state index is 12.8. The van der Waals surface area contributed by atoms with E-state index in [1.807, 2.05) is 24.3 Å². The van der Waals surface area contributed by atoms with Gasteiger partial charge in [-0.1, -0.05) is 34.1 Å². The summed E-state index contributed by atoms with van der Waals surface area (Å²) in [5.41, 5.74) is 2.66. The molecule has 0 saturated heterocycles. The minimum absolute atomic E-state index is 0.655. The maximum atomic E-state index is 12.8. The number of hydrogen-bond acceptors (Lipinski definition) is 2. The van der Waals surface area contributed by atoms with Gasteiger partial charge in [0, 0.05) is 22.1 Å². The number of benzene rings is 2. The zero-order chi connectivity index (χ0) is 17.6. The van der Waals surface area contributed by atoms with Crippen molar-refractivity contribution in [1.82, 2.24) is 9.78 Å². The van der Waals surface area contributed by atoms with E-state index in [0.29, 0.717) is 11.3 Å². The van der Waals surface area contributed by atoms with Crippen molar-refractivity contribution in [3.63, 3.8) is 0 Å². The summed E-state index contributed by atoms with van der Waals surface area (Å²) in [4.78, 5) is 0. The molecule has 1 aromatic heterocycles. The number of nitrogens with zero attached hydrogens (tertiary/aromatic N) is 2. The van der Waals surface area contributed by atoms with Gasteiger partial charge in [0.05, 0.1) is 16.9 Å². The second kappa shape index (κ2) is 5.91. The topological polar surface area (TPSA) is 29.9 Å². The second-order valence-corrected chi connectivity index (χ2v) is 6.74. The van der Waals surface area contributed by atoms with Crippen molar-refractivity contribution in [2.45, 2.75) is 12.6 Å². The van der Waals surface area contributed by atoms with Crippen LogP contribution in [0.5, 0.6) is 0 Å². The van der Waals surface area contributed by atoms with E-state index in [0.717, 1.165) is 46.6 Å². The van der Waals surface area contributed by atoms with Crippen LogP contribution in [0, 0.1) is 0 Å². The Hall–Kier alpha value is -2.28. The Morgan fingerprint density at radius 3 is 2.52 bits per heavy atom.